The van der Waals surface area contributed by atoms with Crippen molar-refractivity contribution in [2.75, 3.05) is 5.32 Å². The van der Waals surface area contributed by atoms with Crippen LogP contribution in [0.1, 0.15) is 0 Å². The Morgan fingerprint density at radius 3 is 2.07 bits per heavy atom. The largest absolute Gasteiger partial charge is 0.355 e. The lowest BCUT2D eigenvalue weighted by atomic mass is 10.0. The fourth-order valence-corrected chi connectivity index (χ4v) is 5.23. The monoisotopic (exact) mass is 401 g/mol. The van der Waals surface area contributed by atoms with E-state index in [-0.39, 0.29) is 0 Å². The Morgan fingerprint density at radius 1 is 0.467 bits per heavy atom. The third kappa shape index (κ3) is 3.02. The number of fused-ring (bicyclic) bond motifs is 4. The summed E-state index contributed by atoms with van der Waals surface area (Å²) in [6, 6.07) is 39.1. The Balaban J connectivity index is 1.29. The minimum atomic E-state index is 1.10. The van der Waals surface area contributed by atoms with Gasteiger partial charge in [0.25, 0.3) is 0 Å². The van der Waals surface area contributed by atoms with E-state index in [4.69, 9.17) is 0 Å². The van der Waals surface area contributed by atoms with Crippen LogP contribution in [0.5, 0.6) is 0 Å². The lowest BCUT2D eigenvalue weighted by Gasteiger charge is -2.09. The quantitative estimate of drug-likeness (QED) is 0.313. The first-order valence-electron chi connectivity index (χ1n) is 10.1. The molecule has 5 aromatic carbocycles. The summed E-state index contributed by atoms with van der Waals surface area (Å²) in [6.07, 6.45) is 0. The molecule has 6 aromatic rings. The number of thiophene rings is 1. The first-order chi connectivity index (χ1) is 14.8. The van der Waals surface area contributed by atoms with Crippen molar-refractivity contribution >= 4 is 53.7 Å². The predicted molar refractivity (Wildman–Crippen MR) is 132 cm³/mol. The van der Waals surface area contributed by atoms with Gasteiger partial charge in [-0.05, 0) is 58.3 Å². The maximum atomic E-state index is 3.56. The van der Waals surface area contributed by atoms with E-state index >= 15 is 0 Å². The minimum Gasteiger partial charge on any atom is -0.355 e. The highest BCUT2D eigenvalue weighted by molar-refractivity contribution is 7.25. The zero-order valence-electron chi connectivity index (χ0n) is 16.3. The fraction of sp³-hybridized carbons (Fsp3) is 0. The highest BCUT2D eigenvalue weighted by Crippen LogP contribution is 2.36. The van der Waals surface area contributed by atoms with Gasteiger partial charge in [0, 0.05) is 31.5 Å². The molecule has 0 aliphatic heterocycles. The highest BCUT2D eigenvalue weighted by atomic mass is 32.1. The van der Waals surface area contributed by atoms with Crippen LogP contribution in [0.3, 0.4) is 0 Å². The second-order valence-electron chi connectivity index (χ2n) is 7.57. The molecular weight excluding hydrogens is 382 g/mol. The van der Waals surface area contributed by atoms with E-state index in [1.807, 2.05) is 11.3 Å². The molecule has 142 valence electrons. The van der Waals surface area contributed by atoms with E-state index in [1.165, 1.54) is 42.1 Å². The molecule has 0 spiro atoms. The van der Waals surface area contributed by atoms with Crippen molar-refractivity contribution in [2.24, 2.45) is 0 Å². The van der Waals surface area contributed by atoms with E-state index < -0.39 is 0 Å². The molecule has 1 heterocycles. The van der Waals surface area contributed by atoms with Crippen molar-refractivity contribution in [3.63, 3.8) is 0 Å². The molecular formula is C28H19NS. The standard InChI is InChI=1S/C28H19NS/c1-2-6-21-17-22(10-9-19(21)5-1)20-11-13-23(14-12-20)29-24-15-16-26-25-7-3-4-8-27(25)30-28(26)18-24/h1-18,29H. The predicted octanol–water partition coefficient (Wildman–Crippen LogP) is 8.62. The first-order valence-corrected chi connectivity index (χ1v) is 10.9. The zero-order chi connectivity index (χ0) is 19.9. The molecule has 0 aliphatic rings. The molecule has 0 bridgehead atoms. The molecule has 0 saturated carbocycles. The molecule has 2 heteroatoms. The van der Waals surface area contributed by atoms with E-state index in [0.29, 0.717) is 0 Å². The number of nitrogens with one attached hydrogen (secondary N) is 1. The zero-order valence-corrected chi connectivity index (χ0v) is 17.1. The molecule has 1 aromatic heterocycles. The van der Waals surface area contributed by atoms with E-state index in [1.54, 1.807) is 0 Å². The molecule has 0 saturated heterocycles. The van der Waals surface area contributed by atoms with Crippen LogP contribution in [0.4, 0.5) is 11.4 Å². The van der Waals surface area contributed by atoms with Gasteiger partial charge in [-0.15, -0.1) is 11.3 Å². The lowest BCUT2D eigenvalue weighted by molar-refractivity contribution is 1.56. The number of hydrogen-bond acceptors (Lipinski definition) is 2. The number of hydrogen-bond donors (Lipinski definition) is 1. The third-order valence-corrected chi connectivity index (χ3v) is 6.77. The summed E-state index contributed by atoms with van der Waals surface area (Å²) >= 11 is 1.85. The van der Waals surface area contributed by atoms with Crippen LogP contribution in [0.15, 0.2) is 109 Å². The van der Waals surface area contributed by atoms with Gasteiger partial charge in [-0.2, -0.15) is 0 Å². The topological polar surface area (TPSA) is 12.0 Å². The molecule has 0 unspecified atom stereocenters. The van der Waals surface area contributed by atoms with Crippen LogP contribution in [0.25, 0.3) is 42.1 Å². The van der Waals surface area contributed by atoms with Gasteiger partial charge in [-0.25, -0.2) is 0 Å². The van der Waals surface area contributed by atoms with Crippen LogP contribution in [0.2, 0.25) is 0 Å². The Hall–Kier alpha value is -3.62. The summed E-state index contributed by atoms with van der Waals surface area (Å²) in [4.78, 5) is 0. The molecule has 1 nitrogen and oxygen atoms in total. The molecule has 0 radical (unpaired) electrons. The second kappa shape index (κ2) is 7.01. The normalized spacial score (nSPS) is 11.3. The minimum absolute atomic E-state index is 1.10. The van der Waals surface area contributed by atoms with Crippen LogP contribution in [-0.2, 0) is 0 Å². The van der Waals surface area contributed by atoms with Crippen molar-refractivity contribution in [2.45, 2.75) is 0 Å². The van der Waals surface area contributed by atoms with Crippen molar-refractivity contribution < 1.29 is 0 Å². The van der Waals surface area contributed by atoms with Gasteiger partial charge in [-0.3, -0.25) is 0 Å². The van der Waals surface area contributed by atoms with Crippen molar-refractivity contribution in [3.8, 4) is 11.1 Å². The van der Waals surface area contributed by atoms with Gasteiger partial charge in [0.1, 0.15) is 0 Å². The summed E-state index contributed by atoms with van der Waals surface area (Å²) in [7, 11) is 0. The number of rotatable bonds is 3. The SMILES string of the molecule is c1ccc2cc(-c3ccc(Nc4ccc5c(c4)sc4ccccc45)cc3)ccc2c1. The Labute approximate surface area is 179 Å². The van der Waals surface area contributed by atoms with Gasteiger partial charge < -0.3 is 5.32 Å². The average molecular weight is 402 g/mol. The lowest BCUT2D eigenvalue weighted by Crippen LogP contribution is -1.89. The van der Waals surface area contributed by atoms with Crippen LogP contribution in [0, 0.1) is 0 Å². The van der Waals surface area contributed by atoms with E-state index in [9.17, 15) is 0 Å². The molecule has 0 atom stereocenters. The van der Waals surface area contributed by atoms with Gasteiger partial charge in [-0.1, -0.05) is 72.8 Å². The second-order valence-corrected chi connectivity index (χ2v) is 8.66. The van der Waals surface area contributed by atoms with Crippen LogP contribution < -0.4 is 5.32 Å². The highest BCUT2D eigenvalue weighted by Gasteiger charge is 2.06. The molecule has 0 fully saturated rings. The molecule has 0 amide bonds. The van der Waals surface area contributed by atoms with Crippen LogP contribution >= 0.6 is 11.3 Å². The summed E-state index contributed by atoms with van der Waals surface area (Å²) in [5, 5.41) is 8.77. The fourth-order valence-electron chi connectivity index (χ4n) is 4.09. The smallest absolute Gasteiger partial charge is 0.0398 e. The number of anilines is 2. The Kier molecular flexibility index (Phi) is 4.03. The summed E-state index contributed by atoms with van der Waals surface area (Å²) < 4.78 is 2.65. The molecule has 6 rings (SSSR count). The van der Waals surface area contributed by atoms with Gasteiger partial charge >= 0.3 is 0 Å². The van der Waals surface area contributed by atoms with Gasteiger partial charge in [0.15, 0.2) is 0 Å². The van der Waals surface area contributed by atoms with Crippen molar-refractivity contribution in [1.82, 2.24) is 0 Å². The Morgan fingerprint density at radius 2 is 1.17 bits per heavy atom. The van der Waals surface area contributed by atoms with Crippen LogP contribution in [-0.4, -0.2) is 0 Å². The van der Waals surface area contributed by atoms with E-state index in [2.05, 4.69) is 115 Å². The average Bonchev–Trinajstić information content (AvgIpc) is 3.17. The summed E-state index contributed by atoms with van der Waals surface area (Å²) in [5.74, 6) is 0. The summed E-state index contributed by atoms with van der Waals surface area (Å²) in [6.45, 7) is 0. The van der Waals surface area contributed by atoms with Gasteiger partial charge in [0.2, 0.25) is 0 Å². The van der Waals surface area contributed by atoms with Crippen molar-refractivity contribution in [1.29, 1.82) is 0 Å². The molecule has 0 aliphatic carbocycles. The van der Waals surface area contributed by atoms with Gasteiger partial charge in [0.05, 0.1) is 0 Å². The maximum absolute atomic E-state index is 3.56. The van der Waals surface area contributed by atoms with Crippen molar-refractivity contribution in [3.05, 3.63) is 109 Å². The Bertz CT molecular complexity index is 1510. The van der Waals surface area contributed by atoms with E-state index in [0.717, 1.165) is 11.4 Å². The summed E-state index contributed by atoms with van der Waals surface area (Å²) in [5.41, 5.74) is 4.69. The molecule has 30 heavy (non-hydrogen) atoms. The first kappa shape index (κ1) is 17.3. The maximum Gasteiger partial charge on any atom is 0.0398 e. The molecule has 1 N–H and O–H groups in total. The third-order valence-electron chi connectivity index (χ3n) is 5.64. The number of benzene rings is 5.